The quantitative estimate of drug-likeness (QED) is 0.812. The number of hydrogen-bond donors (Lipinski definition) is 0. The van der Waals surface area contributed by atoms with E-state index in [1.54, 1.807) is 18.3 Å². The Bertz CT molecular complexity index is 563. The van der Waals surface area contributed by atoms with E-state index in [1.807, 2.05) is 13.8 Å². The average molecular weight is 310 g/mol. The van der Waals surface area contributed by atoms with Gasteiger partial charge in [-0.05, 0) is 41.9 Å². The summed E-state index contributed by atoms with van der Waals surface area (Å²) in [6.45, 7) is 3.84. The number of aromatic nitrogens is 1. The number of carbonyl (C=O) groups excluding carboxylic acids is 1. The molecule has 0 aliphatic carbocycles. The van der Waals surface area contributed by atoms with Crippen LogP contribution in [0.2, 0.25) is 0 Å². The molecule has 0 saturated carbocycles. The minimum atomic E-state index is -0.155. The number of nitrogens with zero attached hydrogens (tertiary/aromatic N) is 1. The molecule has 0 fully saturated rings. The summed E-state index contributed by atoms with van der Waals surface area (Å²) in [6, 6.07) is 3.29. The first-order valence-corrected chi connectivity index (χ1v) is 6.26. The Morgan fingerprint density at radius 2 is 2.22 bits per heavy atom. The van der Waals surface area contributed by atoms with E-state index in [-0.39, 0.29) is 11.9 Å². The number of rotatable bonds is 4. The standard InChI is InChI=1S/C13H12BrNO3/c1-8(2)18-10-5-9(6-15-7-10)12(16)11-3-4-17-13(11)14/h3-8H,1-2H3. The number of ketones is 1. The largest absolute Gasteiger partial charge is 0.489 e. The van der Waals surface area contributed by atoms with Gasteiger partial charge in [-0.25, -0.2) is 0 Å². The van der Waals surface area contributed by atoms with Crippen LogP contribution in [0.3, 0.4) is 0 Å². The Morgan fingerprint density at radius 3 is 2.83 bits per heavy atom. The Labute approximate surface area is 113 Å². The fourth-order valence-corrected chi connectivity index (χ4v) is 1.91. The Kier molecular flexibility index (Phi) is 3.81. The van der Waals surface area contributed by atoms with Gasteiger partial charge in [-0.2, -0.15) is 0 Å². The number of pyridine rings is 1. The van der Waals surface area contributed by atoms with Gasteiger partial charge in [0.2, 0.25) is 0 Å². The zero-order valence-corrected chi connectivity index (χ0v) is 11.6. The molecule has 0 N–H and O–H groups in total. The second kappa shape index (κ2) is 5.35. The lowest BCUT2D eigenvalue weighted by Gasteiger charge is -2.09. The molecule has 2 heterocycles. The smallest absolute Gasteiger partial charge is 0.199 e. The van der Waals surface area contributed by atoms with Gasteiger partial charge in [-0.1, -0.05) is 0 Å². The molecule has 0 aliphatic rings. The summed E-state index contributed by atoms with van der Waals surface area (Å²) in [7, 11) is 0. The maximum atomic E-state index is 12.2. The van der Waals surface area contributed by atoms with Crippen molar-refractivity contribution in [1.82, 2.24) is 4.98 Å². The monoisotopic (exact) mass is 309 g/mol. The molecule has 0 unspecified atom stereocenters. The lowest BCUT2D eigenvalue weighted by molar-refractivity contribution is 0.103. The van der Waals surface area contributed by atoms with E-state index in [1.165, 1.54) is 12.5 Å². The van der Waals surface area contributed by atoms with Gasteiger partial charge in [0.05, 0.1) is 24.1 Å². The highest BCUT2D eigenvalue weighted by molar-refractivity contribution is 9.10. The predicted octanol–water partition coefficient (Wildman–Crippen LogP) is 3.46. The highest BCUT2D eigenvalue weighted by Gasteiger charge is 2.16. The third-order valence-electron chi connectivity index (χ3n) is 2.21. The molecular formula is C13H12BrNO3. The molecule has 0 radical (unpaired) electrons. The first-order chi connectivity index (χ1) is 8.58. The molecule has 0 atom stereocenters. The summed E-state index contributed by atoms with van der Waals surface area (Å²) in [6.07, 6.45) is 4.59. The summed E-state index contributed by atoms with van der Waals surface area (Å²) >= 11 is 3.18. The van der Waals surface area contributed by atoms with Gasteiger partial charge < -0.3 is 9.15 Å². The fraction of sp³-hybridized carbons (Fsp3) is 0.231. The molecule has 18 heavy (non-hydrogen) atoms. The molecule has 5 heteroatoms. The molecule has 0 saturated heterocycles. The Balaban J connectivity index is 2.29. The molecule has 0 aliphatic heterocycles. The second-order valence-corrected chi connectivity index (χ2v) is 4.73. The van der Waals surface area contributed by atoms with Gasteiger partial charge in [0.1, 0.15) is 5.75 Å². The second-order valence-electron chi connectivity index (χ2n) is 4.01. The van der Waals surface area contributed by atoms with Gasteiger partial charge in [-0.3, -0.25) is 9.78 Å². The van der Waals surface area contributed by atoms with Crippen molar-refractivity contribution in [2.45, 2.75) is 20.0 Å². The molecule has 0 spiro atoms. The van der Waals surface area contributed by atoms with Crippen LogP contribution in [0.25, 0.3) is 0 Å². The predicted molar refractivity (Wildman–Crippen MR) is 69.8 cm³/mol. The van der Waals surface area contributed by atoms with Gasteiger partial charge in [0.25, 0.3) is 0 Å². The van der Waals surface area contributed by atoms with E-state index >= 15 is 0 Å². The third-order valence-corrected chi connectivity index (χ3v) is 2.82. The maximum Gasteiger partial charge on any atom is 0.199 e. The number of halogens is 1. The lowest BCUT2D eigenvalue weighted by atomic mass is 10.1. The van der Waals surface area contributed by atoms with Crippen LogP contribution < -0.4 is 4.74 Å². The highest BCUT2D eigenvalue weighted by atomic mass is 79.9. The van der Waals surface area contributed by atoms with Crippen molar-refractivity contribution in [3.8, 4) is 5.75 Å². The van der Waals surface area contributed by atoms with Crippen LogP contribution in [0.1, 0.15) is 29.8 Å². The normalized spacial score (nSPS) is 10.7. The van der Waals surface area contributed by atoms with E-state index in [4.69, 9.17) is 9.15 Å². The van der Waals surface area contributed by atoms with Crippen molar-refractivity contribution in [1.29, 1.82) is 0 Å². The van der Waals surface area contributed by atoms with Crippen LogP contribution >= 0.6 is 15.9 Å². The third kappa shape index (κ3) is 2.79. The van der Waals surface area contributed by atoms with E-state index < -0.39 is 0 Å². The number of hydrogen-bond acceptors (Lipinski definition) is 4. The SMILES string of the molecule is CC(C)Oc1cncc(C(=O)c2ccoc2Br)c1. The van der Waals surface area contributed by atoms with Gasteiger partial charge in [-0.15, -0.1) is 0 Å². The van der Waals surface area contributed by atoms with E-state index in [0.717, 1.165) is 0 Å². The van der Waals surface area contributed by atoms with Crippen LogP contribution in [0.5, 0.6) is 5.75 Å². The van der Waals surface area contributed by atoms with E-state index in [0.29, 0.717) is 21.5 Å². The molecule has 0 aromatic carbocycles. The number of carbonyl (C=O) groups is 1. The summed E-state index contributed by atoms with van der Waals surface area (Å²) in [5.74, 6) is 0.424. The van der Waals surface area contributed by atoms with Crippen LogP contribution in [0.15, 0.2) is 39.9 Å². The van der Waals surface area contributed by atoms with Gasteiger partial charge in [0.15, 0.2) is 10.5 Å². The summed E-state index contributed by atoms with van der Waals surface area (Å²) in [4.78, 5) is 16.2. The average Bonchev–Trinajstić information content (AvgIpc) is 2.74. The molecule has 94 valence electrons. The number of furan rings is 1. The highest BCUT2D eigenvalue weighted by Crippen LogP contribution is 2.22. The molecular weight excluding hydrogens is 298 g/mol. The fourth-order valence-electron chi connectivity index (χ4n) is 1.49. The van der Waals surface area contributed by atoms with Crippen molar-refractivity contribution in [3.63, 3.8) is 0 Å². The summed E-state index contributed by atoms with van der Waals surface area (Å²) in [5, 5.41) is 0. The zero-order valence-electron chi connectivity index (χ0n) is 10.0. The molecule has 4 nitrogen and oxygen atoms in total. The van der Waals surface area contributed by atoms with Gasteiger partial charge in [0, 0.05) is 11.8 Å². The molecule has 2 rings (SSSR count). The summed E-state index contributed by atoms with van der Waals surface area (Å²) < 4.78 is 11.0. The van der Waals surface area contributed by atoms with Crippen molar-refractivity contribution in [2.24, 2.45) is 0 Å². The van der Waals surface area contributed by atoms with Crippen LogP contribution in [-0.4, -0.2) is 16.9 Å². The molecule has 0 amide bonds. The van der Waals surface area contributed by atoms with Crippen molar-refractivity contribution < 1.29 is 13.9 Å². The first kappa shape index (κ1) is 12.8. The topological polar surface area (TPSA) is 52.3 Å². The van der Waals surface area contributed by atoms with Crippen LogP contribution in [-0.2, 0) is 0 Å². The molecule has 2 aromatic heterocycles. The van der Waals surface area contributed by atoms with Crippen LogP contribution in [0.4, 0.5) is 0 Å². The van der Waals surface area contributed by atoms with E-state index in [2.05, 4.69) is 20.9 Å². The van der Waals surface area contributed by atoms with E-state index in [9.17, 15) is 4.79 Å². The maximum absolute atomic E-state index is 12.2. The van der Waals surface area contributed by atoms with Crippen molar-refractivity contribution in [2.75, 3.05) is 0 Å². The van der Waals surface area contributed by atoms with Crippen LogP contribution in [0, 0.1) is 0 Å². The molecule has 0 bridgehead atoms. The summed E-state index contributed by atoms with van der Waals surface area (Å²) in [5.41, 5.74) is 0.939. The number of ether oxygens (including phenoxy) is 1. The lowest BCUT2D eigenvalue weighted by Crippen LogP contribution is -2.07. The minimum absolute atomic E-state index is 0.0396. The van der Waals surface area contributed by atoms with Gasteiger partial charge >= 0.3 is 0 Å². The minimum Gasteiger partial charge on any atom is -0.489 e. The molecule has 2 aromatic rings. The Morgan fingerprint density at radius 1 is 1.44 bits per heavy atom. The zero-order chi connectivity index (χ0) is 13.1. The van der Waals surface area contributed by atoms with Crippen molar-refractivity contribution >= 4 is 21.7 Å². The first-order valence-electron chi connectivity index (χ1n) is 5.47. The van der Waals surface area contributed by atoms with Crippen molar-refractivity contribution in [3.05, 3.63) is 46.6 Å². The Hall–Kier alpha value is -1.62.